The van der Waals surface area contributed by atoms with E-state index in [0.717, 1.165) is 44.9 Å². The van der Waals surface area contributed by atoms with E-state index in [1.165, 1.54) is 18.4 Å². The Morgan fingerprint density at radius 3 is 2.48 bits per heavy atom. The number of nitrogens with one attached hydrogen (secondary N) is 1. The molecule has 1 aliphatic heterocycles. The molecule has 1 atom stereocenters. The van der Waals surface area contributed by atoms with Crippen LogP contribution in [0, 0.1) is 5.92 Å². The second-order valence-electron chi connectivity index (χ2n) is 7.83. The van der Waals surface area contributed by atoms with Gasteiger partial charge in [0, 0.05) is 24.7 Å². The van der Waals surface area contributed by atoms with Gasteiger partial charge in [-0.1, -0.05) is 57.0 Å². The van der Waals surface area contributed by atoms with Gasteiger partial charge in [-0.2, -0.15) is 0 Å². The predicted octanol–water partition coefficient (Wildman–Crippen LogP) is 3.85. The van der Waals surface area contributed by atoms with Crippen molar-refractivity contribution in [3.05, 3.63) is 35.9 Å². The van der Waals surface area contributed by atoms with Crippen LogP contribution >= 0.6 is 0 Å². The van der Waals surface area contributed by atoms with Crippen LogP contribution in [0.4, 0.5) is 0 Å². The van der Waals surface area contributed by atoms with Crippen molar-refractivity contribution in [2.24, 2.45) is 16.6 Å². The molecule has 1 fully saturated rings. The van der Waals surface area contributed by atoms with E-state index < -0.39 is 0 Å². The summed E-state index contributed by atoms with van der Waals surface area (Å²) in [6.45, 7) is 9.03. The first-order valence-corrected chi connectivity index (χ1v) is 9.71. The smallest absolute Gasteiger partial charge is 0.188 e. The molecule has 0 aliphatic carbocycles. The molecule has 25 heavy (non-hydrogen) atoms. The van der Waals surface area contributed by atoms with Crippen LogP contribution in [0.1, 0.15) is 58.4 Å². The molecule has 4 heteroatoms. The van der Waals surface area contributed by atoms with Crippen LogP contribution in [0.2, 0.25) is 0 Å². The predicted molar refractivity (Wildman–Crippen MR) is 106 cm³/mol. The van der Waals surface area contributed by atoms with Crippen molar-refractivity contribution in [2.45, 2.75) is 64.3 Å². The molecule has 1 aromatic rings. The summed E-state index contributed by atoms with van der Waals surface area (Å²) in [5, 5.41) is 3.36. The first-order valence-electron chi connectivity index (χ1n) is 9.71. The third-order valence-electron chi connectivity index (χ3n) is 5.20. The number of rotatable bonds is 8. The minimum Gasteiger partial charge on any atom is -0.381 e. The molecule has 140 valence electrons. The van der Waals surface area contributed by atoms with Gasteiger partial charge in [-0.05, 0) is 37.7 Å². The van der Waals surface area contributed by atoms with Crippen molar-refractivity contribution < 1.29 is 4.74 Å². The van der Waals surface area contributed by atoms with Gasteiger partial charge in [-0.3, -0.25) is 4.99 Å². The van der Waals surface area contributed by atoms with E-state index in [0.29, 0.717) is 12.0 Å². The van der Waals surface area contributed by atoms with Crippen molar-refractivity contribution in [3.8, 4) is 0 Å². The van der Waals surface area contributed by atoms with Crippen LogP contribution < -0.4 is 11.1 Å². The quantitative estimate of drug-likeness (QED) is 0.556. The molecule has 2 rings (SSSR count). The fraction of sp³-hybridized carbons (Fsp3) is 0.667. The molecule has 1 saturated heterocycles. The molecular formula is C21H35N3O. The first-order chi connectivity index (χ1) is 12.0. The standard InChI is InChI=1S/C21H35N3O/c1-17(2)8-7-9-18(3)24-20(22)23-16-21(12-14-25-15-13-21)19-10-5-4-6-11-19/h4-6,10-11,17-18H,7-9,12-16H2,1-3H3,(H3,22,23,24). The Morgan fingerprint density at radius 2 is 1.84 bits per heavy atom. The Kier molecular flexibility index (Phi) is 7.76. The second kappa shape index (κ2) is 9.81. The molecule has 0 amide bonds. The van der Waals surface area contributed by atoms with Gasteiger partial charge in [0.05, 0.1) is 6.54 Å². The van der Waals surface area contributed by atoms with Gasteiger partial charge in [0.15, 0.2) is 5.96 Å². The third kappa shape index (κ3) is 6.35. The van der Waals surface area contributed by atoms with Crippen LogP contribution in [-0.4, -0.2) is 31.8 Å². The van der Waals surface area contributed by atoms with Crippen molar-refractivity contribution in [3.63, 3.8) is 0 Å². The summed E-state index contributed by atoms with van der Waals surface area (Å²) in [4.78, 5) is 4.71. The van der Waals surface area contributed by atoms with Crippen molar-refractivity contribution in [1.29, 1.82) is 0 Å². The van der Waals surface area contributed by atoms with Crippen LogP contribution in [0.25, 0.3) is 0 Å². The lowest BCUT2D eigenvalue weighted by Gasteiger charge is -2.36. The SMILES string of the molecule is CC(C)CCCC(C)NC(N)=NCC1(c2ccccc2)CCOCC1. The lowest BCUT2D eigenvalue weighted by molar-refractivity contribution is 0.0531. The van der Waals surface area contributed by atoms with E-state index in [1.807, 2.05) is 0 Å². The second-order valence-corrected chi connectivity index (χ2v) is 7.83. The molecule has 4 nitrogen and oxygen atoms in total. The van der Waals surface area contributed by atoms with Crippen molar-refractivity contribution in [1.82, 2.24) is 5.32 Å². The lowest BCUT2D eigenvalue weighted by atomic mass is 9.74. The average Bonchev–Trinajstić information content (AvgIpc) is 2.61. The highest BCUT2D eigenvalue weighted by molar-refractivity contribution is 5.78. The van der Waals surface area contributed by atoms with Gasteiger partial charge < -0.3 is 15.8 Å². The van der Waals surface area contributed by atoms with Gasteiger partial charge in [0.25, 0.3) is 0 Å². The highest BCUT2D eigenvalue weighted by atomic mass is 16.5. The average molecular weight is 346 g/mol. The fourth-order valence-electron chi connectivity index (χ4n) is 3.53. The monoisotopic (exact) mass is 345 g/mol. The summed E-state index contributed by atoms with van der Waals surface area (Å²) in [5.74, 6) is 1.33. The normalized spacial score (nSPS) is 19.0. The van der Waals surface area contributed by atoms with Gasteiger partial charge >= 0.3 is 0 Å². The minimum atomic E-state index is 0.0483. The van der Waals surface area contributed by atoms with E-state index >= 15 is 0 Å². The fourth-order valence-corrected chi connectivity index (χ4v) is 3.53. The lowest BCUT2D eigenvalue weighted by Crippen LogP contribution is -2.41. The molecule has 1 aliphatic rings. The summed E-state index contributed by atoms with van der Waals surface area (Å²) < 4.78 is 5.59. The summed E-state index contributed by atoms with van der Waals surface area (Å²) in [6.07, 6.45) is 5.62. The van der Waals surface area contributed by atoms with Crippen LogP contribution in [0.15, 0.2) is 35.3 Å². The van der Waals surface area contributed by atoms with Gasteiger partial charge in [-0.15, -0.1) is 0 Å². The zero-order chi connectivity index (χ0) is 18.1. The van der Waals surface area contributed by atoms with Gasteiger partial charge in [0.1, 0.15) is 0 Å². The van der Waals surface area contributed by atoms with E-state index in [-0.39, 0.29) is 5.41 Å². The number of hydrogen-bond donors (Lipinski definition) is 2. The van der Waals surface area contributed by atoms with Gasteiger partial charge in [0.2, 0.25) is 0 Å². The number of ether oxygens (including phenoxy) is 1. The molecule has 0 saturated carbocycles. The Hall–Kier alpha value is -1.55. The molecule has 0 radical (unpaired) electrons. The number of nitrogens with zero attached hydrogens (tertiary/aromatic N) is 1. The Labute approximate surface area is 153 Å². The number of aliphatic imine (C=N–C) groups is 1. The summed E-state index contributed by atoms with van der Waals surface area (Å²) in [7, 11) is 0. The summed E-state index contributed by atoms with van der Waals surface area (Å²) in [5.41, 5.74) is 7.56. The summed E-state index contributed by atoms with van der Waals surface area (Å²) in [6, 6.07) is 11.1. The molecule has 0 spiro atoms. The largest absolute Gasteiger partial charge is 0.381 e. The Morgan fingerprint density at radius 1 is 1.16 bits per heavy atom. The number of guanidine groups is 1. The molecule has 3 N–H and O–H groups in total. The van der Waals surface area contributed by atoms with Crippen molar-refractivity contribution in [2.75, 3.05) is 19.8 Å². The molecule has 0 aromatic heterocycles. The molecule has 1 aromatic carbocycles. The van der Waals surface area contributed by atoms with E-state index in [9.17, 15) is 0 Å². The van der Waals surface area contributed by atoms with E-state index in [1.54, 1.807) is 0 Å². The van der Waals surface area contributed by atoms with E-state index in [2.05, 4.69) is 56.4 Å². The number of hydrogen-bond acceptors (Lipinski definition) is 2. The van der Waals surface area contributed by atoms with Crippen LogP contribution in [0.3, 0.4) is 0 Å². The Bertz CT molecular complexity index is 521. The van der Waals surface area contributed by atoms with Crippen LogP contribution in [-0.2, 0) is 10.2 Å². The maximum Gasteiger partial charge on any atom is 0.188 e. The van der Waals surface area contributed by atoms with Gasteiger partial charge in [-0.25, -0.2) is 0 Å². The number of nitrogens with two attached hydrogens (primary N) is 1. The zero-order valence-electron chi connectivity index (χ0n) is 16.1. The topological polar surface area (TPSA) is 59.6 Å². The molecule has 1 heterocycles. The maximum atomic E-state index is 6.17. The molecule has 1 unspecified atom stereocenters. The maximum absolute atomic E-state index is 6.17. The first kappa shape index (κ1) is 19.8. The van der Waals surface area contributed by atoms with Crippen LogP contribution in [0.5, 0.6) is 0 Å². The highest BCUT2D eigenvalue weighted by Gasteiger charge is 2.34. The minimum absolute atomic E-state index is 0.0483. The van der Waals surface area contributed by atoms with Crippen molar-refractivity contribution >= 4 is 5.96 Å². The third-order valence-corrected chi connectivity index (χ3v) is 5.20. The number of benzene rings is 1. The van der Waals surface area contributed by atoms with E-state index in [4.69, 9.17) is 15.5 Å². The Balaban J connectivity index is 1.93. The molecule has 0 bridgehead atoms. The zero-order valence-corrected chi connectivity index (χ0v) is 16.1. The molecular weight excluding hydrogens is 310 g/mol. The summed E-state index contributed by atoms with van der Waals surface area (Å²) >= 11 is 0. The highest BCUT2D eigenvalue weighted by Crippen LogP contribution is 2.35.